The van der Waals surface area contributed by atoms with E-state index in [1.165, 1.54) is 0 Å². The third-order valence-electron chi connectivity index (χ3n) is 8.30. The van der Waals surface area contributed by atoms with Gasteiger partial charge in [0.15, 0.2) is 8.32 Å². The van der Waals surface area contributed by atoms with Gasteiger partial charge in [-0.05, 0) is 85.5 Å². The standard InChI is InChI=1S/C31H48ClN3O3Si/c1-21(2)20-35(25-11-13-26(14-12-25)38-39(7,8)31(4,5)6)28-15-9-23(22(3)17-30(36)37)18-27(28)34-24-10-16-29(32)33-19-24/h9-10,15-16,18-19,21-22,25-26,34H,11-14,17,20H2,1-8H3,(H,36,37)/t22?,25-,26-. The average molecular weight is 574 g/mol. The molecule has 1 heterocycles. The van der Waals surface area contributed by atoms with Gasteiger partial charge in [0.1, 0.15) is 5.15 Å². The Kier molecular flexibility index (Phi) is 10.5. The number of rotatable bonds is 11. The van der Waals surface area contributed by atoms with E-state index in [0.29, 0.717) is 23.2 Å². The summed E-state index contributed by atoms with van der Waals surface area (Å²) in [6.45, 7) is 19.0. The Labute approximate surface area is 241 Å². The Morgan fingerprint density at radius 1 is 1.15 bits per heavy atom. The van der Waals surface area contributed by atoms with Crippen molar-refractivity contribution in [1.29, 1.82) is 0 Å². The number of benzene rings is 1. The number of anilines is 3. The molecular weight excluding hydrogens is 526 g/mol. The molecule has 1 unspecified atom stereocenters. The molecule has 8 heteroatoms. The van der Waals surface area contributed by atoms with Gasteiger partial charge in [-0.15, -0.1) is 0 Å². The van der Waals surface area contributed by atoms with Gasteiger partial charge in [-0.1, -0.05) is 59.2 Å². The van der Waals surface area contributed by atoms with Crippen LogP contribution in [0.1, 0.15) is 85.1 Å². The topological polar surface area (TPSA) is 74.7 Å². The average Bonchev–Trinajstić information content (AvgIpc) is 2.83. The van der Waals surface area contributed by atoms with Crippen LogP contribution in [-0.4, -0.2) is 43.1 Å². The minimum atomic E-state index is -1.80. The summed E-state index contributed by atoms with van der Waals surface area (Å²) in [5.74, 6) is -0.398. The smallest absolute Gasteiger partial charge is 0.303 e. The molecule has 0 spiro atoms. The van der Waals surface area contributed by atoms with E-state index in [2.05, 4.69) is 81.1 Å². The molecule has 1 saturated carbocycles. The number of aromatic nitrogens is 1. The molecule has 1 fully saturated rings. The maximum absolute atomic E-state index is 11.4. The van der Waals surface area contributed by atoms with Gasteiger partial charge >= 0.3 is 5.97 Å². The highest BCUT2D eigenvalue weighted by Crippen LogP contribution is 2.41. The fourth-order valence-electron chi connectivity index (χ4n) is 5.10. The first-order chi connectivity index (χ1) is 18.2. The number of nitrogens with one attached hydrogen (secondary N) is 1. The summed E-state index contributed by atoms with van der Waals surface area (Å²) >= 11 is 6.04. The van der Waals surface area contributed by atoms with Crippen molar-refractivity contribution in [1.82, 2.24) is 4.98 Å². The molecule has 2 aromatic rings. The van der Waals surface area contributed by atoms with Crippen molar-refractivity contribution in [2.24, 2.45) is 5.92 Å². The Hall–Kier alpha value is -2.09. The fraction of sp³-hybridized carbons (Fsp3) is 0.613. The largest absolute Gasteiger partial charge is 0.481 e. The summed E-state index contributed by atoms with van der Waals surface area (Å²) < 4.78 is 6.79. The highest BCUT2D eigenvalue weighted by atomic mass is 35.5. The first kappa shape index (κ1) is 31.4. The molecule has 1 aliphatic carbocycles. The monoisotopic (exact) mass is 573 g/mol. The number of carboxylic acid groups (broad SMARTS) is 1. The SMILES string of the molecule is CC(C)CN(c1ccc(C(C)CC(=O)O)cc1Nc1ccc(Cl)nc1)[C@H]1CC[C@H](O[Si](C)(C)C(C)(C)C)CC1. The summed E-state index contributed by atoms with van der Waals surface area (Å²) in [6.07, 6.45) is 6.48. The van der Waals surface area contributed by atoms with Crippen LogP contribution >= 0.6 is 11.6 Å². The van der Waals surface area contributed by atoms with Crippen molar-refractivity contribution in [2.45, 2.75) is 110 Å². The van der Waals surface area contributed by atoms with Gasteiger partial charge in [-0.3, -0.25) is 4.79 Å². The number of hydrogen-bond acceptors (Lipinski definition) is 5. The van der Waals surface area contributed by atoms with Gasteiger partial charge in [0.25, 0.3) is 0 Å². The van der Waals surface area contributed by atoms with Crippen LogP contribution in [0.15, 0.2) is 36.5 Å². The van der Waals surface area contributed by atoms with Crippen molar-refractivity contribution in [3.8, 4) is 0 Å². The van der Waals surface area contributed by atoms with E-state index < -0.39 is 14.3 Å². The van der Waals surface area contributed by atoms with Crippen LogP contribution in [0.2, 0.25) is 23.3 Å². The van der Waals surface area contributed by atoms with E-state index in [9.17, 15) is 9.90 Å². The Balaban J connectivity index is 1.90. The molecular formula is C31H48ClN3O3Si. The van der Waals surface area contributed by atoms with Crippen LogP contribution in [0, 0.1) is 5.92 Å². The summed E-state index contributed by atoms with van der Waals surface area (Å²) in [7, 11) is -1.80. The van der Waals surface area contributed by atoms with Crippen molar-refractivity contribution in [3.63, 3.8) is 0 Å². The van der Waals surface area contributed by atoms with Crippen molar-refractivity contribution in [2.75, 3.05) is 16.8 Å². The molecule has 0 amide bonds. The molecule has 6 nitrogen and oxygen atoms in total. The number of carboxylic acids is 1. The molecule has 0 radical (unpaired) electrons. The minimum Gasteiger partial charge on any atom is -0.481 e. The van der Waals surface area contributed by atoms with Gasteiger partial charge in [-0.25, -0.2) is 4.98 Å². The summed E-state index contributed by atoms with van der Waals surface area (Å²) in [5.41, 5.74) is 3.95. The number of nitrogens with zero attached hydrogens (tertiary/aromatic N) is 2. The van der Waals surface area contributed by atoms with Gasteiger partial charge in [0.05, 0.1) is 29.7 Å². The number of aliphatic carboxylic acids is 1. The zero-order chi connectivity index (χ0) is 29.0. The normalized spacial score (nSPS) is 19.1. The first-order valence-electron chi connectivity index (χ1n) is 14.3. The zero-order valence-corrected chi connectivity index (χ0v) is 26.8. The van der Waals surface area contributed by atoms with Crippen molar-refractivity contribution >= 4 is 42.9 Å². The molecule has 1 aliphatic rings. The lowest BCUT2D eigenvalue weighted by Gasteiger charge is -2.44. The molecule has 0 bridgehead atoms. The number of halogens is 1. The van der Waals surface area contributed by atoms with Crippen LogP contribution < -0.4 is 10.2 Å². The lowest BCUT2D eigenvalue weighted by atomic mass is 9.90. The van der Waals surface area contributed by atoms with Gasteiger partial charge in [0, 0.05) is 18.7 Å². The predicted molar refractivity (Wildman–Crippen MR) is 166 cm³/mol. The molecule has 39 heavy (non-hydrogen) atoms. The molecule has 0 aliphatic heterocycles. The lowest BCUT2D eigenvalue weighted by Crippen LogP contribution is -2.47. The first-order valence-corrected chi connectivity index (χ1v) is 17.6. The maximum atomic E-state index is 11.4. The highest BCUT2D eigenvalue weighted by molar-refractivity contribution is 6.74. The van der Waals surface area contributed by atoms with Crippen LogP contribution in [-0.2, 0) is 9.22 Å². The van der Waals surface area contributed by atoms with Crippen LogP contribution in [0.5, 0.6) is 0 Å². The van der Waals surface area contributed by atoms with E-state index in [0.717, 1.165) is 54.9 Å². The summed E-state index contributed by atoms with van der Waals surface area (Å²) in [4.78, 5) is 18.2. The summed E-state index contributed by atoms with van der Waals surface area (Å²) in [6, 6.07) is 10.5. The molecule has 216 valence electrons. The van der Waals surface area contributed by atoms with Crippen LogP contribution in [0.25, 0.3) is 0 Å². The maximum Gasteiger partial charge on any atom is 0.303 e. The molecule has 2 N–H and O–H groups in total. The molecule has 1 aromatic heterocycles. The minimum absolute atomic E-state index is 0.0925. The Morgan fingerprint density at radius 2 is 1.82 bits per heavy atom. The third-order valence-corrected chi connectivity index (χ3v) is 13.1. The number of carbonyl (C=O) groups is 1. The Morgan fingerprint density at radius 3 is 2.36 bits per heavy atom. The van der Waals surface area contributed by atoms with E-state index in [-0.39, 0.29) is 17.4 Å². The van der Waals surface area contributed by atoms with Crippen molar-refractivity contribution < 1.29 is 14.3 Å². The second kappa shape index (κ2) is 13.0. The second-order valence-corrected chi connectivity index (χ2v) is 18.3. The molecule has 0 saturated heterocycles. The second-order valence-electron chi connectivity index (χ2n) is 13.1. The third kappa shape index (κ3) is 8.69. The highest BCUT2D eigenvalue weighted by Gasteiger charge is 2.40. The van der Waals surface area contributed by atoms with E-state index in [1.807, 2.05) is 13.0 Å². The zero-order valence-electron chi connectivity index (χ0n) is 25.1. The lowest BCUT2D eigenvalue weighted by molar-refractivity contribution is -0.137. The van der Waals surface area contributed by atoms with Gasteiger partial charge in [0.2, 0.25) is 0 Å². The van der Waals surface area contributed by atoms with E-state index in [1.54, 1.807) is 12.3 Å². The molecule has 3 rings (SSSR count). The fourth-order valence-corrected chi connectivity index (χ4v) is 6.64. The predicted octanol–water partition coefficient (Wildman–Crippen LogP) is 8.85. The number of hydrogen-bond donors (Lipinski definition) is 2. The van der Waals surface area contributed by atoms with E-state index in [4.69, 9.17) is 16.0 Å². The van der Waals surface area contributed by atoms with Crippen LogP contribution in [0.3, 0.4) is 0 Å². The van der Waals surface area contributed by atoms with E-state index >= 15 is 0 Å². The van der Waals surface area contributed by atoms with Crippen molar-refractivity contribution in [3.05, 3.63) is 47.2 Å². The van der Waals surface area contributed by atoms with Crippen LogP contribution in [0.4, 0.5) is 17.1 Å². The molecule has 1 atom stereocenters. The Bertz CT molecular complexity index is 1090. The number of pyridine rings is 1. The van der Waals surface area contributed by atoms with Gasteiger partial charge in [-0.2, -0.15) is 0 Å². The van der Waals surface area contributed by atoms with Gasteiger partial charge < -0.3 is 19.7 Å². The molecule has 1 aromatic carbocycles. The summed E-state index contributed by atoms with van der Waals surface area (Å²) in [5, 5.41) is 13.6. The quantitative estimate of drug-likeness (QED) is 0.206.